The van der Waals surface area contributed by atoms with Crippen LogP contribution in [-0.4, -0.2) is 33.0 Å². The lowest BCUT2D eigenvalue weighted by Crippen LogP contribution is -2.19. The lowest BCUT2D eigenvalue weighted by atomic mass is 10.2. The molecule has 92 valence electrons. The number of rotatable bonds is 5. The van der Waals surface area contributed by atoms with Gasteiger partial charge < -0.3 is 9.84 Å². The van der Waals surface area contributed by atoms with Crippen molar-refractivity contribution in [3.05, 3.63) is 18.2 Å². The number of nitrogens with zero attached hydrogens (tertiary/aromatic N) is 4. The van der Waals surface area contributed by atoms with E-state index in [0.717, 1.165) is 18.8 Å². The van der Waals surface area contributed by atoms with E-state index in [-0.39, 0.29) is 5.92 Å². The summed E-state index contributed by atoms with van der Waals surface area (Å²) in [6, 6.07) is 1.86. The summed E-state index contributed by atoms with van der Waals surface area (Å²) in [7, 11) is 1.86. The molecule has 0 bridgehead atoms. The van der Waals surface area contributed by atoms with Crippen LogP contribution in [0.3, 0.4) is 0 Å². The molecule has 6 heteroatoms. The molecule has 1 unspecified atom stereocenters. The van der Waals surface area contributed by atoms with Gasteiger partial charge in [-0.2, -0.15) is 10.1 Å². The van der Waals surface area contributed by atoms with E-state index in [1.54, 1.807) is 4.68 Å². The van der Waals surface area contributed by atoms with Gasteiger partial charge in [-0.1, -0.05) is 19.0 Å². The first-order valence-corrected chi connectivity index (χ1v) is 5.75. The van der Waals surface area contributed by atoms with Gasteiger partial charge in [-0.05, 0) is 12.6 Å². The molecular formula is C11H17N5O. The van der Waals surface area contributed by atoms with Gasteiger partial charge in [0.2, 0.25) is 11.7 Å². The van der Waals surface area contributed by atoms with Gasteiger partial charge in [0.25, 0.3) is 0 Å². The van der Waals surface area contributed by atoms with Gasteiger partial charge in [-0.25, -0.2) is 0 Å². The van der Waals surface area contributed by atoms with Gasteiger partial charge in [0.1, 0.15) is 5.69 Å². The molecule has 0 aliphatic heterocycles. The van der Waals surface area contributed by atoms with Gasteiger partial charge in [0, 0.05) is 25.7 Å². The van der Waals surface area contributed by atoms with Gasteiger partial charge in [-0.3, -0.25) is 4.68 Å². The molecule has 2 rings (SSSR count). The molecule has 0 aromatic carbocycles. The maximum Gasteiger partial charge on any atom is 0.231 e. The molecule has 0 spiro atoms. The van der Waals surface area contributed by atoms with Crippen LogP contribution in [0.4, 0.5) is 0 Å². The summed E-state index contributed by atoms with van der Waals surface area (Å²) < 4.78 is 6.95. The Balaban J connectivity index is 2.10. The Morgan fingerprint density at radius 2 is 2.35 bits per heavy atom. The minimum Gasteiger partial charge on any atom is -0.339 e. The van der Waals surface area contributed by atoms with Crippen molar-refractivity contribution < 1.29 is 4.52 Å². The van der Waals surface area contributed by atoms with Crippen LogP contribution in [-0.2, 0) is 7.05 Å². The zero-order valence-corrected chi connectivity index (χ0v) is 10.3. The van der Waals surface area contributed by atoms with Crippen molar-refractivity contribution in [1.29, 1.82) is 0 Å². The van der Waals surface area contributed by atoms with Gasteiger partial charge in [0.05, 0.1) is 0 Å². The van der Waals surface area contributed by atoms with Crippen LogP contribution < -0.4 is 5.32 Å². The molecule has 0 amide bonds. The topological polar surface area (TPSA) is 68.8 Å². The highest BCUT2D eigenvalue weighted by Crippen LogP contribution is 2.17. The summed E-state index contributed by atoms with van der Waals surface area (Å²) in [5.74, 6) is 1.40. The molecule has 0 saturated carbocycles. The van der Waals surface area contributed by atoms with Gasteiger partial charge in [0.15, 0.2) is 0 Å². The monoisotopic (exact) mass is 235 g/mol. The van der Waals surface area contributed by atoms with E-state index in [1.165, 1.54) is 0 Å². The van der Waals surface area contributed by atoms with Crippen molar-refractivity contribution >= 4 is 0 Å². The third-order valence-electron chi connectivity index (χ3n) is 2.51. The largest absolute Gasteiger partial charge is 0.339 e. The molecule has 2 aromatic rings. The molecule has 0 saturated heterocycles. The van der Waals surface area contributed by atoms with E-state index in [2.05, 4.69) is 34.4 Å². The first-order chi connectivity index (χ1) is 8.20. The summed E-state index contributed by atoms with van der Waals surface area (Å²) in [6.07, 6.45) is 1.85. The predicted octanol–water partition coefficient (Wildman–Crippen LogP) is 1.18. The molecule has 1 atom stereocenters. The predicted molar refractivity (Wildman–Crippen MR) is 63.5 cm³/mol. The molecule has 2 aromatic heterocycles. The Bertz CT molecular complexity index is 476. The number of hydrogen-bond acceptors (Lipinski definition) is 5. The van der Waals surface area contributed by atoms with Crippen LogP contribution >= 0.6 is 0 Å². The van der Waals surface area contributed by atoms with Crippen molar-refractivity contribution in [1.82, 2.24) is 25.2 Å². The molecular weight excluding hydrogens is 218 g/mol. The van der Waals surface area contributed by atoms with E-state index in [9.17, 15) is 0 Å². The fourth-order valence-corrected chi connectivity index (χ4v) is 1.52. The molecule has 0 radical (unpaired) electrons. The average Bonchev–Trinajstić information content (AvgIpc) is 2.93. The van der Waals surface area contributed by atoms with Crippen LogP contribution in [0.2, 0.25) is 0 Å². The quantitative estimate of drug-likeness (QED) is 0.842. The van der Waals surface area contributed by atoms with E-state index >= 15 is 0 Å². The normalized spacial score (nSPS) is 12.9. The number of hydrogen-bond donors (Lipinski definition) is 1. The number of aromatic nitrogens is 4. The summed E-state index contributed by atoms with van der Waals surface area (Å²) in [4.78, 5) is 4.35. The first kappa shape index (κ1) is 11.8. The Morgan fingerprint density at radius 1 is 1.53 bits per heavy atom. The fraction of sp³-hybridized carbons (Fsp3) is 0.545. The standard InChI is InChI=1S/C11H17N5O/c1-4-12-7-8(2)11-13-10(15-17-11)9-5-6-16(3)14-9/h5-6,8,12H,4,7H2,1-3H3. The van der Waals surface area contributed by atoms with E-state index in [0.29, 0.717) is 11.7 Å². The number of likely N-dealkylation sites (N-methyl/N-ethyl adjacent to an activating group) is 1. The molecule has 0 fully saturated rings. The highest BCUT2D eigenvalue weighted by Gasteiger charge is 2.15. The molecule has 0 aliphatic carbocycles. The molecule has 6 nitrogen and oxygen atoms in total. The molecule has 0 aliphatic rings. The maximum absolute atomic E-state index is 5.24. The van der Waals surface area contributed by atoms with Crippen molar-refractivity contribution in [2.45, 2.75) is 19.8 Å². The maximum atomic E-state index is 5.24. The fourth-order valence-electron chi connectivity index (χ4n) is 1.52. The zero-order valence-electron chi connectivity index (χ0n) is 10.3. The Hall–Kier alpha value is -1.69. The third kappa shape index (κ3) is 2.71. The van der Waals surface area contributed by atoms with Crippen LogP contribution in [0, 0.1) is 0 Å². The highest BCUT2D eigenvalue weighted by molar-refractivity contribution is 5.46. The smallest absolute Gasteiger partial charge is 0.231 e. The SMILES string of the molecule is CCNCC(C)c1nc(-c2ccn(C)n2)no1. The zero-order chi connectivity index (χ0) is 12.3. The van der Waals surface area contributed by atoms with Crippen LogP contribution in [0.1, 0.15) is 25.7 Å². The van der Waals surface area contributed by atoms with Crippen LogP contribution in [0.5, 0.6) is 0 Å². The van der Waals surface area contributed by atoms with Crippen molar-refractivity contribution in [3.8, 4) is 11.5 Å². The molecule has 17 heavy (non-hydrogen) atoms. The lowest BCUT2D eigenvalue weighted by Gasteiger charge is -2.05. The summed E-state index contributed by atoms with van der Waals surface area (Å²) >= 11 is 0. The van der Waals surface area contributed by atoms with Crippen molar-refractivity contribution in [3.63, 3.8) is 0 Å². The Kier molecular flexibility index (Phi) is 3.53. The Labute approximate surface area is 100 Å². The third-order valence-corrected chi connectivity index (χ3v) is 2.51. The summed E-state index contributed by atoms with van der Waals surface area (Å²) in [6.45, 7) is 5.89. The number of nitrogens with one attached hydrogen (secondary N) is 1. The van der Waals surface area contributed by atoms with Crippen molar-refractivity contribution in [2.75, 3.05) is 13.1 Å². The molecule has 1 N–H and O–H groups in total. The first-order valence-electron chi connectivity index (χ1n) is 5.75. The van der Waals surface area contributed by atoms with Crippen LogP contribution in [0.15, 0.2) is 16.8 Å². The van der Waals surface area contributed by atoms with Crippen LogP contribution in [0.25, 0.3) is 11.5 Å². The average molecular weight is 235 g/mol. The minimum absolute atomic E-state index is 0.208. The summed E-state index contributed by atoms with van der Waals surface area (Å²) in [5.41, 5.74) is 0.734. The second-order valence-electron chi connectivity index (χ2n) is 4.04. The lowest BCUT2D eigenvalue weighted by molar-refractivity contribution is 0.355. The summed E-state index contributed by atoms with van der Waals surface area (Å²) in [5, 5.41) is 11.4. The van der Waals surface area contributed by atoms with Gasteiger partial charge >= 0.3 is 0 Å². The van der Waals surface area contributed by atoms with E-state index in [4.69, 9.17) is 4.52 Å². The van der Waals surface area contributed by atoms with E-state index < -0.39 is 0 Å². The minimum atomic E-state index is 0.208. The number of aryl methyl sites for hydroxylation is 1. The van der Waals surface area contributed by atoms with Gasteiger partial charge in [-0.15, -0.1) is 0 Å². The second-order valence-corrected chi connectivity index (χ2v) is 4.04. The Morgan fingerprint density at radius 3 is 3.00 bits per heavy atom. The highest BCUT2D eigenvalue weighted by atomic mass is 16.5. The van der Waals surface area contributed by atoms with E-state index in [1.807, 2.05) is 19.3 Å². The molecule has 2 heterocycles. The van der Waals surface area contributed by atoms with Crippen molar-refractivity contribution in [2.24, 2.45) is 7.05 Å². The second kappa shape index (κ2) is 5.09.